The first kappa shape index (κ1) is 17.7. The van der Waals surface area contributed by atoms with Gasteiger partial charge in [0.15, 0.2) is 0 Å². The fraction of sp³-hybridized carbons (Fsp3) is 0.529. The Morgan fingerprint density at radius 2 is 2.30 bits per heavy atom. The predicted molar refractivity (Wildman–Crippen MR) is 89.8 cm³/mol. The lowest BCUT2D eigenvalue weighted by Crippen LogP contribution is -2.33. The first-order valence-electron chi connectivity index (χ1n) is 7.99. The third kappa shape index (κ3) is 4.91. The number of carbonyl (C=O) groups excluding carboxylic acids is 1. The van der Waals surface area contributed by atoms with E-state index in [9.17, 15) is 14.7 Å². The highest BCUT2D eigenvalue weighted by Gasteiger charge is 2.28. The number of hydrogen-bond donors (Lipinski definition) is 2. The van der Waals surface area contributed by atoms with Crippen molar-refractivity contribution in [3.8, 4) is 0 Å². The van der Waals surface area contributed by atoms with Crippen molar-refractivity contribution in [2.45, 2.75) is 51.2 Å². The predicted octanol–water partition coefficient (Wildman–Crippen LogP) is 2.70. The zero-order chi connectivity index (χ0) is 16.8. The standard InChI is InChI=1S/C17H23NO4S/c1-2-13(19)7-5-12-6-10-16(20)18(12)11-3-4-14-8-9-15(23-14)17(21)22/h5,7-9,12-13,19H,2-4,6,10-11H2,1H3,(H,21,22)/b7-5+/t12-,13-/m0/s1. The molecule has 1 saturated heterocycles. The number of aliphatic hydroxyl groups excluding tert-OH is 1. The average molecular weight is 337 g/mol. The number of aliphatic hydroxyl groups is 1. The third-order valence-electron chi connectivity index (χ3n) is 4.04. The molecule has 0 aromatic carbocycles. The molecule has 1 fully saturated rings. The number of carbonyl (C=O) groups is 2. The van der Waals surface area contributed by atoms with E-state index in [0.717, 1.165) is 24.1 Å². The van der Waals surface area contributed by atoms with Crippen LogP contribution < -0.4 is 0 Å². The third-order valence-corrected chi connectivity index (χ3v) is 5.18. The Bertz CT molecular complexity index is 581. The molecule has 23 heavy (non-hydrogen) atoms. The first-order chi connectivity index (χ1) is 11.0. The maximum atomic E-state index is 12.0. The molecule has 0 radical (unpaired) electrons. The Labute approximate surface area is 140 Å². The van der Waals surface area contributed by atoms with Crippen molar-refractivity contribution >= 4 is 23.2 Å². The lowest BCUT2D eigenvalue weighted by Gasteiger charge is -2.22. The Balaban J connectivity index is 1.85. The summed E-state index contributed by atoms with van der Waals surface area (Å²) >= 11 is 1.29. The molecule has 2 N–H and O–H groups in total. The summed E-state index contributed by atoms with van der Waals surface area (Å²) in [5, 5.41) is 18.5. The molecule has 2 atom stereocenters. The molecule has 0 unspecified atom stereocenters. The Hall–Kier alpha value is -1.66. The molecular formula is C17H23NO4S. The summed E-state index contributed by atoms with van der Waals surface area (Å²) < 4.78 is 0. The van der Waals surface area contributed by atoms with E-state index in [1.807, 2.05) is 24.0 Å². The van der Waals surface area contributed by atoms with Crippen LogP contribution in [0.5, 0.6) is 0 Å². The van der Waals surface area contributed by atoms with Crippen LogP contribution in [0.4, 0.5) is 0 Å². The molecule has 0 aliphatic carbocycles. The first-order valence-corrected chi connectivity index (χ1v) is 8.80. The monoisotopic (exact) mass is 337 g/mol. The van der Waals surface area contributed by atoms with E-state index in [1.54, 1.807) is 12.1 Å². The van der Waals surface area contributed by atoms with Crippen molar-refractivity contribution in [3.05, 3.63) is 34.0 Å². The second-order valence-corrected chi connectivity index (χ2v) is 6.90. The highest BCUT2D eigenvalue weighted by atomic mass is 32.1. The van der Waals surface area contributed by atoms with Crippen LogP contribution in [0.3, 0.4) is 0 Å². The lowest BCUT2D eigenvalue weighted by molar-refractivity contribution is -0.128. The summed E-state index contributed by atoms with van der Waals surface area (Å²) in [4.78, 5) is 26.1. The van der Waals surface area contributed by atoms with Crippen LogP contribution in [0.25, 0.3) is 0 Å². The molecule has 1 aliphatic heterocycles. The fourth-order valence-corrected chi connectivity index (χ4v) is 3.58. The zero-order valence-corrected chi connectivity index (χ0v) is 14.1. The molecule has 5 nitrogen and oxygen atoms in total. The molecule has 0 saturated carbocycles. The Kier molecular flexibility index (Phi) is 6.36. The van der Waals surface area contributed by atoms with E-state index in [0.29, 0.717) is 24.3 Å². The van der Waals surface area contributed by atoms with Crippen molar-refractivity contribution in [2.24, 2.45) is 0 Å². The van der Waals surface area contributed by atoms with Gasteiger partial charge in [0, 0.05) is 17.8 Å². The minimum Gasteiger partial charge on any atom is -0.477 e. The number of carboxylic acid groups (broad SMARTS) is 1. The quantitative estimate of drug-likeness (QED) is 0.715. The number of aromatic carboxylic acids is 1. The average Bonchev–Trinajstić information content (AvgIpc) is 3.13. The van der Waals surface area contributed by atoms with Crippen LogP contribution in [-0.4, -0.2) is 45.7 Å². The Morgan fingerprint density at radius 3 is 2.96 bits per heavy atom. The number of thiophene rings is 1. The SMILES string of the molecule is CC[C@H](O)/C=C/[C@H]1CCC(=O)N1CCCc1ccc(C(=O)O)s1. The van der Waals surface area contributed by atoms with Crippen LogP contribution in [0.2, 0.25) is 0 Å². The van der Waals surface area contributed by atoms with Crippen molar-refractivity contribution in [1.29, 1.82) is 0 Å². The molecule has 2 heterocycles. The number of carboxylic acids is 1. The number of likely N-dealkylation sites (tertiary alicyclic amines) is 1. The summed E-state index contributed by atoms with van der Waals surface area (Å²) in [5.74, 6) is -0.737. The minimum atomic E-state index is -0.893. The second-order valence-electron chi connectivity index (χ2n) is 5.73. The van der Waals surface area contributed by atoms with E-state index >= 15 is 0 Å². The molecule has 0 bridgehead atoms. The molecule has 0 spiro atoms. The molecule has 6 heteroatoms. The molecule has 2 rings (SSSR count). The van der Waals surface area contributed by atoms with E-state index < -0.39 is 12.1 Å². The van der Waals surface area contributed by atoms with Crippen molar-refractivity contribution in [1.82, 2.24) is 4.90 Å². The number of aryl methyl sites for hydroxylation is 1. The summed E-state index contributed by atoms with van der Waals surface area (Å²) in [6.45, 7) is 2.58. The van der Waals surface area contributed by atoms with Gasteiger partial charge in [0.2, 0.25) is 5.91 Å². The number of rotatable bonds is 8. The van der Waals surface area contributed by atoms with Crippen LogP contribution in [0.15, 0.2) is 24.3 Å². The van der Waals surface area contributed by atoms with Gasteiger partial charge >= 0.3 is 5.97 Å². The molecule has 126 valence electrons. The van der Waals surface area contributed by atoms with Gasteiger partial charge in [0.05, 0.1) is 12.1 Å². The Morgan fingerprint density at radius 1 is 1.52 bits per heavy atom. The van der Waals surface area contributed by atoms with E-state index in [4.69, 9.17) is 5.11 Å². The van der Waals surface area contributed by atoms with Gasteiger partial charge in [-0.25, -0.2) is 4.79 Å². The van der Waals surface area contributed by atoms with E-state index in [2.05, 4.69) is 0 Å². The smallest absolute Gasteiger partial charge is 0.345 e. The van der Waals surface area contributed by atoms with Gasteiger partial charge in [-0.15, -0.1) is 11.3 Å². The molecule has 1 amide bonds. The summed E-state index contributed by atoms with van der Waals surface area (Å²) in [6, 6.07) is 3.54. The lowest BCUT2D eigenvalue weighted by atomic mass is 10.1. The van der Waals surface area contributed by atoms with Gasteiger partial charge in [-0.1, -0.05) is 19.1 Å². The normalized spacial score (nSPS) is 19.7. The topological polar surface area (TPSA) is 77.8 Å². The maximum Gasteiger partial charge on any atom is 0.345 e. The van der Waals surface area contributed by atoms with E-state index in [-0.39, 0.29) is 11.9 Å². The van der Waals surface area contributed by atoms with Crippen molar-refractivity contribution in [3.63, 3.8) is 0 Å². The molecule has 1 aromatic heterocycles. The van der Waals surface area contributed by atoms with Crippen LogP contribution in [0.1, 0.15) is 47.2 Å². The summed E-state index contributed by atoms with van der Waals surface area (Å²) in [6.07, 6.45) is 6.87. The number of hydrogen-bond acceptors (Lipinski definition) is 4. The minimum absolute atomic E-state index is 0.0709. The molecule has 1 aliphatic rings. The highest BCUT2D eigenvalue weighted by Crippen LogP contribution is 2.22. The molecule has 1 aromatic rings. The summed E-state index contributed by atoms with van der Waals surface area (Å²) in [5.41, 5.74) is 0. The van der Waals surface area contributed by atoms with Gasteiger partial charge in [-0.2, -0.15) is 0 Å². The van der Waals surface area contributed by atoms with Gasteiger partial charge < -0.3 is 15.1 Å². The van der Waals surface area contributed by atoms with Crippen molar-refractivity contribution in [2.75, 3.05) is 6.54 Å². The summed E-state index contributed by atoms with van der Waals surface area (Å²) in [7, 11) is 0. The highest BCUT2D eigenvalue weighted by molar-refractivity contribution is 7.13. The van der Waals surface area contributed by atoms with Crippen molar-refractivity contribution < 1.29 is 19.8 Å². The van der Waals surface area contributed by atoms with Crippen LogP contribution in [-0.2, 0) is 11.2 Å². The van der Waals surface area contributed by atoms with Gasteiger partial charge in [-0.3, -0.25) is 4.79 Å². The fourth-order valence-electron chi connectivity index (χ4n) is 2.69. The number of amides is 1. The van der Waals surface area contributed by atoms with Crippen LogP contribution >= 0.6 is 11.3 Å². The largest absolute Gasteiger partial charge is 0.477 e. The number of nitrogens with zero attached hydrogens (tertiary/aromatic N) is 1. The van der Waals surface area contributed by atoms with Crippen LogP contribution in [0, 0.1) is 0 Å². The second kappa shape index (κ2) is 8.26. The maximum absolute atomic E-state index is 12.0. The zero-order valence-electron chi connectivity index (χ0n) is 13.3. The van der Waals surface area contributed by atoms with E-state index in [1.165, 1.54) is 11.3 Å². The molecular weight excluding hydrogens is 314 g/mol. The van der Waals surface area contributed by atoms with Gasteiger partial charge in [0.1, 0.15) is 4.88 Å². The van der Waals surface area contributed by atoms with Gasteiger partial charge in [0.25, 0.3) is 0 Å². The van der Waals surface area contributed by atoms with Gasteiger partial charge in [-0.05, 0) is 37.8 Å².